The van der Waals surface area contributed by atoms with Crippen LogP contribution in [0.5, 0.6) is 0 Å². The van der Waals surface area contributed by atoms with Gasteiger partial charge in [0, 0.05) is 32.4 Å². The summed E-state index contributed by atoms with van der Waals surface area (Å²) < 4.78 is 5.02. The number of ether oxygens (including phenoxy) is 1. The number of unbranched alkanes of at least 4 members (excludes halogenated alkanes) is 1. The zero-order valence-corrected chi connectivity index (χ0v) is 13.2. The molecule has 5 nitrogen and oxygen atoms in total. The first-order valence-electron chi connectivity index (χ1n) is 7.13. The van der Waals surface area contributed by atoms with E-state index in [1.54, 1.807) is 16.7 Å². The van der Waals surface area contributed by atoms with Crippen molar-refractivity contribution in [2.45, 2.75) is 32.6 Å². The highest BCUT2D eigenvalue weighted by molar-refractivity contribution is 7.99. The van der Waals surface area contributed by atoms with Gasteiger partial charge in [-0.3, -0.25) is 9.59 Å². The Morgan fingerprint density at radius 3 is 2.75 bits per heavy atom. The number of hydrogen-bond acceptors (Lipinski definition) is 4. The summed E-state index contributed by atoms with van der Waals surface area (Å²) in [5.74, 6) is 1.10. The maximum atomic E-state index is 12.1. The molecule has 1 unspecified atom stereocenters. The zero-order valence-electron chi connectivity index (χ0n) is 12.4. The van der Waals surface area contributed by atoms with Gasteiger partial charge in [0.05, 0.1) is 6.61 Å². The molecule has 0 spiro atoms. The number of aliphatic carboxylic acids is 1. The molecule has 6 heteroatoms. The van der Waals surface area contributed by atoms with E-state index in [0.29, 0.717) is 19.4 Å². The van der Waals surface area contributed by atoms with Crippen molar-refractivity contribution < 1.29 is 19.4 Å². The van der Waals surface area contributed by atoms with E-state index in [1.165, 1.54) is 20.0 Å². The van der Waals surface area contributed by atoms with Crippen LogP contribution in [0.4, 0.5) is 0 Å². The van der Waals surface area contributed by atoms with Crippen LogP contribution >= 0.6 is 11.8 Å². The molecule has 0 aromatic rings. The molecule has 0 saturated carbocycles. The molecular weight excluding hydrogens is 278 g/mol. The third kappa shape index (κ3) is 4.66. The standard InChI is InChI=1S/C14H25NO4S/c1-3-4-8-20-9-5-12(16)15-7-6-14(10-15,11-19-2)13(17)18/h3-11H2,1-2H3,(H,17,18). The average molecular weight is 303 g/mol. The lowest BCUT2D eigenvalue weighted by atomic mass is 9.88. The van der Waals surface area contributed by atoms with E-state index < -0.39 is 11.4 Å². The highest BCUT2D eigenvalue weighted by atomic mass is 32.2. The van der Waals surface area contributed by atoms with E-state index in [0.717, 1.165) is 11.5 Å². The van der Waals surface area contributed by atoms with E-state index in [4.69, 9.17) is 4.74 Å². The van der Waals surface area contributed by atoms with Crippen LogP contribution in [0, 0.1) is 5.41 Å². The first kappa shape index (κ1) is 17.3. The predicted octanol–water partition coefficient (Wildman–Crippen LogP) is 1.86. The number of nitrogens with zero attached hydrogens (tertiary/aromatic N) is 1. The second kappa shape index (κ2) is 8.52. The summed E-state index contributed by atoms with van der Waals surface area (Å²) in [5.41, 5.74) is -0.917. The smallest absolute Gasteiger partial charge is 0.313 e. The minimum Gasteiger partial charge on any atom is -0.481 e. The molecule has 1 N–H and O–H groups in total. The molecule has 1 saturated heterocycles. The molecule has 0 radical (unpaired) electrons. The van der Waals surface area contributed by atoms with Gasteiger partial charge in [-0.1, -0.05) is 13.3 Å². The monoisotopic (exact) mass is 303 g/mol. The van der Waals surface area contributed by atoms with Gasteiger partial charge in [-0.05, 0) is 18.6 Å². The molecule has 0 aromatic heterocycles. The molecule has 116 valence electrons. The lowest BCUT2D eigenvalue weighted by Crippen LogP contribution is -2.40. The number of carbonyl (C=O) groups is 2. The van der Waals surface area contributed by atoms with Crippen LogP contribution in [0.1, 0.15) is 32.6 Å². The maximum absolute atomic E-state index is 12.1. The van der Waals surface area contributed by atoms with Crippen LogP contribution < -0.4 is 0 Å². The van der Waals surface area contributed by atoms with Crippen molar-refractivity contribution in [3.05, 3.63) is 0 Å². The number of carbonyl (C=O) groups excluding carboxylic acids is 1. The van der Waals surface area contributed by atoms with Crippen LogP contribution in [-0.2, 0) is 14.3 Å². The molecule has 1 rings (SSSR count). The van der Waals surface area contributed by atoms with E-state index in [9.17, 15) is 14.7 Å². The summed E-state index contributed by atoms with van der Waals surface area (Å²) in [6, 6.07) is 0. The fraction of sp³-hybridized carbons (Fsp3) is 0.857. The number of amides is 1. The van der Waals surface area contributed by atoms with E-state index in [1.807, 2.05) is 0 Å². The molecule has 1 aliphatic rings. The molecule has 1 amide bonds. The number of methoxy groups -OCH3 is 1. The van der Waals surface area contributed by atoms with E-state index in [2.05, 4.69) is 6.92 Å². The second-order valence-corrected chi connectivity index (χ2v) is 6.52. The van der Waals surface area contributed by atoms with E-state index >= 15 is 0 Å². The van der Waals surface area contributed by atoms with Gasteiger partial charge < -0.3 is 14.7 Å². The number of carboxylic acid groups (broad SMARTS) is 1. The summed E-state index contributed by atoms with van der Waals surface area (Å²) in [4.78, 5) is 25.1. The molecule has 0 aliphatic carbocycles. The van der Waals surface area contributed by atoms with Gasteiger partial charge in [0.25, 0.3) is 0 Å². The van der Waals surface area contributed by atoms with E-state index in [-0.39, 0.29) is 19.1 Å². The summed E-state index contributed by atoms with van der Waals surface area (Å²) in [5, 5.41) is 9.35. The number of carboxylic acids is 1. The topological polar surface area (TPSA) is 66.8 Å². The number of rotatable bonds is 9. The average Bonchev–Trinajstić information content (AvgIpc) is 2.84. The summed E-state index contributed by atoms with van der Waals surface area (Å²) in [7, 11) is 1.50. The van der Waals surface area contributed by atoms with Crippen molar-refractivity contribution in [3.63, 3.8) is 0 Å². The molecule has 20 heavy (non-hydrogen) atoms. The van der Waals surface area contributed by atoms with Crippen LogP contribution in [0.25, 0.3) is 0 Å². The van der Waals surface area contributed by atoms with Crippen molar-refractivity contribution in [1.82, 2.24) is 4.90 Å². The number of thioether (sulfide) groups is 1. The maximum Gasteiger partial charge on any atom is 0.313 e. The van der Waals surface area contributed by atoms with Gasteiger partial charge in [-0.25, -0.2) is 0 Å². The van der Waals surface area contributed by atoms with Crippen molar-refractivity contribution in [3.8, 4) is 0 Å². The Labute approximate surface area is 125 Å². The normalized spacial score (nSPS) is 22.2. The quantitative estimate of drug-likeness (QED) is 0.659. The zero-order chi connectivity index (χ0) is 15.0. The third-order valence-corrected chi connectivity index (χ3v) is 4.75. The SMILES string of the molecule is CCCCSCCC(=O)N1CCC(COC)(C(=O)O)C1. The Morgan fingerprint density at radius 2 is 2.15 bits per heavy atom. The van der Waals surface area contributed by atoms with Gasteiger partial charge in [-0.2, -0.15) is 11.8 Å². The first-order chi connectivity index (χ1) is 9.55. The van der Waals surface area contributed by atoms with Gasteiger partial charge in [0.2, 0.25) is 5.91 Å². The molecule has 1 atom stereocenters. The largest absolute Gasteiger partial charge is 0.481 e. The summed E-state index contributed by atoms with van der Waals surface area (Å²) in [6.45, 7) is 3.11. The molecule has 0 bridgehead atoms. The fourth-order valence-corrected chi connectivity index (χ4v) is 3.40. The summed E-state index contributed by atoms with van der Waals surface area (Å²) >= 11 is 1.79. The van der Waals surface area contributed by atoms with Crippen LogP contribution in [0.2, 0.25) is 0 Å². The first-order valence-corrected chi connectivity index (χ1v) is 8.29. The lowest BCUT2D eigenvalue weighted by molar-refractivity contribution is -0.151. The second-order valence-electron chi connectivity index (χ2n) is 5.30. The van der Waals surface area contributed by atoms with Gasteiger partial charge >= 0.3 is 5.97 Å². The fourth-order valence-electron chi connectivity index (χ4n) is 2.38. The van der Waals surface area contributed by atoms with Crippen LogP contribution in [0.15, 0.2) is 0 Å². The lowest BCUT2D eigenvalue weighted by Gasteiger charge is -2.23. The van der Waals surface area contributed by atoms with Gasteiger partial charge in [0.1, 0.15) is 5.41 Å². The highest BCUT2D eigenvalue weighted by Gasteiger charge is 2.46. The van der Waals surface area contributed by atoms with Crippen LogP contribution in [-0.4, -0.2) is 60.2 Å². The summed E-state index contributed by atoms with van der Waals surface area (Å²) in [6.07, 6.45) is 3.33. The van der Waals surface area contributed by atoms with Crippen molar-refractivity contribution in [1.29, 1.82) is 0 Å². The molecule has 1 fully saturated rings. The van der Waals surface area contributed by atoms with Gasteiger partial charge in [0.15, 0.2) is 0 Å². The molecule has 1 aliphatic heterocycles. The Morgan fingerprint density at radius 1 is 1.40 bits per heavy atom. The molecular formula is C14H25NO4S. The Kier molecular flexibility index (Phi) is 7.37. The highest BCUT2D eigenvalue weighted by Crippen LogP contribution is 2.31. The predicted molar refractivity (Wildman–Crippen MR) is 80.0 cm³/mol. The number of hydrogen-bond donors (Lipinski definition) is 1. The minimum atomic E-state index is -0.917. The van der Waals surface area contributed by atoms with Crippen molar-refractivity contribution >= 4 is 23.6 Å². The van der Waals surface area contributed by atoms with Crippen LogP contribution in [0.3, 0.4) is 0 Å². The van der Waals surface area contributed by atoms with Crippen molar-refractivity contribution in [2.24, 2.45) is 5.41 Å². The molecule has 0 aromatic carbocycles. The minimum absolute atomic E-state index is 0.0632. The molecule has 1 heterocycles. The Balaban J connectivity index is 2.38. The third-order valence-electron chi connectivity index (χ3n) is 3.68. The Hall–Kier alpha value is -0.750. The van der Waals surface area contributed by atoms with Gasteiger partial charge in [-0.15, -0.1) is 0 Å². The Bertz CT molecular complexity index is 337. The van der Waals surface area contributed by atoms with Crippen molar-refractivity contribution in [2.75, 3.05) is 38.3 Å². The number of likely N-dealkylation sites (tertiary alicyclic amines) is 1.